The molecule has 0 bridgehead atoms. The molecular weight excluding hydrogens is 346 g/mol. The van der Waals surface area contributed by atoms with Crippen molar-refractivity contribution < 1.29 is 13.9 Å². The van der Waals surface area contributed by atoms with E-state index < -0.39 is 0 Å². The van der Waals surface area contributed by atoms with Crippen molar-refractivity contribution in [2.45, 2.75) is 33.3 Å². The highest BCUT2D eigenvalue weighted by atomic mass is 16.5. The quantitative estimate of drug-likeness (QED) is 0.688. The number of hydrogen-bond acceptors (Lipinski definition) is 6. The minimum atomic E-state index is -0.205. The van der Waals surface area contributed by atoms with Crippen LogP contribution in [0.2, 0.25) is 0 Å². The van der Waals surface area contributed by atoms with Crippen LogP contribution in [0.25, 0.3) is 0 Å². The number of aryl methyl sites for hydroxylation is 2. The lowest BCUT2D eigenvalue weighted by Gasteiger charge is -2.18. The first-order valence-corrected chi connectivity index (χ1v) is 8.71. The molecule has 0 spiro atoms. The Morgan fingerprint density at radius 2 is 2.11 bits per heavy atom. The van der Waals surface area contributed by atoms with Crippen molar-refractivity contribution in [1.29, 1.82) is 0 Å². The van der Waals surface area contributed by atoms with Crippen molar-refractivity contribution in [3.63, 3.8) is 0 Å². The van der Waals surface area contributed by atoms with E-state index >= 15 is 0 Å². The molecule has 27 heavy (non-hydrogen) atoms. The van der Waals surface area contributed by atoms with Crippen LogP contribution < -0.4 is 4.74 Å². The van der Waals surface area contributed by atoms with Crippen LogP contribution in [0.5, 0.6) is 5.75 Å². The van der Waals surface area contributed by atoms with Gasteiger partial charge in [0.25, 0.3) is 5.91 Å². The Bertz CT molecular complexity index is 904. The lowest BCUT2D eigenvalue weighted by molar-refractivity contribution is 0.0751. The highest BCUT2D eigenvalue weighted by molar-refractivity contribution is 5.91. The van der Waals surface area contributed by atoms with Crippen molar-refractivity contribution in [1.82, 2.24) is 25.5 Å². The summed E-state index contributed by atoms with van der Waals surface area (Å²) < 4.78 is 11.5. The highest BCUT2D eigenvalue weighted by Gasteiger charge is 2.20. The molecular formula is C19H23N5O3. The van der Waals surface area contributed by atoms with E-state index in [9.17, 15) is 4.79 Å². The molecule has 8 heteroatoms. The van der Waals surface area contributed by atoms with Crippen LogP contribution in [0.4, 0.5) is 0 Å². The zero-order valence-electron chi connectivity index (χ0n) is 15.9. The number of nitrogens with one attached hydrogen (secondary N) is 1. The zero-order chi connectivity index (χ0) is 19.4. The molecule has 2 heterocycles. The topological polar surface area (TPSA) is 97.1 Å². The number of benzene rings is 1. The first-order chi connectivity index (χ1) is 12.9. The third-order valence-corrected chi connectivity index (χ3v) is 4.27. The maximum absolute atomic E-state index is 12.6. The van der Waals surface area contributed by atoms with Crippen LogP contribution in [0, 0.1) is 13.8 Å². The summed E-state index contributed by atoms with van der Waals surface area (Å²) in [5.74, 6) is 1.99. The monoisotopic (exact) mass is 369 g/mol. The van der Waals surface area contributed by atoms with Crippen LogP contribution >= 0.6 is 0 Å². The Labute approximate surface area is 157 Å². The van der Waals surface area contributed by atoms with Gasteiger partial charge in [-0.2, -0.15) is 5.21 Å². The molecule has 3 rings (SSSR count). The normalized spacial score (nSPS) is 12.0. The van der Waals surface area contributed by atoms with Crippen LogP contribution in [0.3, 0.4) is 0 Å². The van der Waals surface area contributed by atoms with Gasteiger partial charge in [-0.05, 0) is 37.6 Å². The number of carbonyl (C=O) groups is 1. The summed E-state index contributed by atoms with van der Waals surface area (Å²) in [6, 6.07) is 9.42. The van der Waals surface area contributed by atoms with Gasteiger partial charge in [0.1, 0.15) is 18.1 Å². The average molecular weight is 369 g/mol. The molecule has 8 nitrogen and oxygen atoms in total. The van der Waals surface area contributed by atoms with Crippen molar-refractivity contribution >= 4 is 5.91 Å². The Morgan fingerprint density at radius 3 is 2.81 bits per heavy atom. The minimum Gasteiger partial charge on any atom is -0.485 e. The van der Waals surface area contributed by atoms with Crippen LogP contribution in [-0.2, 0) is 6.61 Å². The van der Waals surface area contributed by atoms with Gasteiger partial charge in [0.2, 0.25) is 0 Å². The van der Waals surface area contributed by atoms with E-state index in [4.69, 9.17) is 9.15 Å². The summed E-state index contributed by atoms with van der Waals surface area (Å²) in [7, 11) is 1.72. The second-order valence-electron chi connectivity index (χ2n) is 6.68. The third-order valence-electron chi connectivity index (χ3n) is 4.27. The number of nitrogens with zero attached hydrogens (tertiary/aromatic N) is 4. The Balaban J connectivity index is 1.58. The molecule has 0 saturated heterocycles. The van der Waals surface area contributed by atoms with Gasteiger partial charge in [-0.25, -0.2) is 0 Å². The van der Waals surface area contributed by atoms with Crippen molar-refractivity contribution in [2.75, 3.05) is 13.6 Å². The number of aromatic nitrogens is 4. The van der Waals surface area contributed by atoms with E-state index in [1.807, 2.05) is 32.9 Å². The highest BCUT2D eigenvalue weighted by Crippen LogP contribution is 2.21. The fourth-order valence-electron chi connectivity index (χ4n) is 2.82. The Morgan fingerprint density at radius 1 is 1.30 bits per heavy atom. The second kappa shape index (κ2) is 8.03. The van der Waals surface area contributed by atoms with E-state index in [1.54, 1.807) is 24.1 Å². The molecule has 0 aliphatic rings. The first kappa shape index (κ1) is 18.6. The summed E-state index contributed by atoms with van der Waals surface area (Å²) in [5, 5.41) is 13.8. The van der Waals surface area contributed by atoms with Gasteiger partial charge in [0, 0.05) is 19.5 Å². The lowest BCUT2D eigenvalue weighted by Crippen LogP contribution is -2.30. The molecule has 1 aromatic carbocycles. The molecule has 3 aromatic rings. The summed E-state index contributed by atoms with van der Waals surface area (Å²) in [6.07, 6.45) is 0. The van der Waals surface area contributed by atoms with E-state index in [-0.39, 0.29) is 24.2 Å². The Kier molecular flexibility index (Phi) is 5.54. The Hall–Kier alpha value is -3.16. The lowest BCUT2D eigenvalue weighted by atomic mass is 10.1. The first-order valence-electron chi connectivity index (χ1n) is 8.71. The molecule has 1 N–H and O–H groups in total. The molecule has 0 radical (unpaired) electrons. The number of likely N-dealkylation sites (N-methyl/N-ethyl adjacent to an activating group) is 1. The van der Waals surface area contributed by atoms with E-state index in [1.165, 1.54) is 5.56 Å². The van der Waals surface area contributed by atoms with E-state index in [2.05, 4.69) is 26.7 Å². The molecule has 1 atom stereocenters. The van der Waals surface area contributed by atoms with Crippen molar-refractivity contribution in [3.05, 3.63) is 58.8 Å². The maximum Gasteiger partial charge on any atom is 0.289 e. The standard InChI is InChI=1S/C19H23N5O3/c1-12-5-7-16(13(2)9-12)26-11-15-6-8-17(27-15)19(25)24(4)10-14(3)18-20-22-23-21-18/h5-9,14H,10-11H2,1-4H3,(H,20,21,22,23)/t14-/m1/s1. The number of aromatic amines is 1. The van der Waals surface area contributed by atoms with Crippen molar-refractivity contribution in [3.8, 4) is 5.75 Å². The molecule has 2 aromatic heterocycles. The fraction of sp³-hybridized carbons (Fsp3) is 0.368. The van der Waals surface area contributed by atoms with E-state index in [0.717, 1.165) is 11.3 Å². The molecule has 0 aliphatic carbocycles. The number of furan rings is 1. The zero-order valence-corrected chi connectivity index (χ0v) is 15.9. The van der Waals surface area contributed by atoms with Crippen LogP contribution in [0.1, 0.15) is 46.1 Å². The average Bonchev–Trinajstić information content (AvgIpc) is 3.32. The second-order valence-corrected chi connectivity index (χ2v) is 6.68. The fourth-order valence-corrected chi connectivity index (χ4v) is 2.82. The predicted octanol–water partition coefficient (Wildman–Crippen LogP) is 2.86. The molecule has 0 unspecified atom stereocenters. The molecule has 0 aliphatic heterocycles. The van der Waals surface area contributed by atoms with Gasteiger partial charge in [-0.3, -0.25) is 4.79 Å². The van der Waals surface area contributed by atoms with Gasteiger partial charge in [-0.1, -0.05) is 29.8 Å². The summed E-state index contributed by atoms with van der Waals surface area (Å²) in [6.45, 7) is 6.68. The number of ether oxygens (including phenoxy) is 1. The SMILES string of the molecule is Cc1ccc(OCc2ccc(C(=O)N(C)C[C@@H](C)c3nn[nH]n3)o2)c(C)c1. The summed E-state index contributed by atoms with van der Waals surface area (Å²) in [4.78, 5) is 14.1. The summed E-state index contributed by atoms with van der Waals surface area (Å²) >= 11 is 0. The van der Waals surface area contributed by atoms with Gasteiger partial charge in [-0.15, -0.1) is 10.2 Å². The smallest absolute Gasteiger partial charge is 0.289 e. The van der Waals surface area contributed by atoms with E-state index in [0.29, 0.717) is 18.1 Å². The number of tetrazole rings is 1. The van der Waals surface area contributed by atoms with Crippen molar-refractivity contribution in [2.24, 2.45) is 0 Å². The number of amides is 1. The van der Waals surface area contributed by atoms with Gasteiger partial charge in [0.05, 0.1) is 0 Å². The summed E-state index contributed by atoms with van der Waals surface area (Å²) in [5.41, 5.74) is 2.25. The van der Waals surface area contributed by atoms with Gasteiger partial charge < -0.3 is 14.1 Å². The number of carbonyl (C=O) groups excluding carboxylic acids is 1. The molecule has 1 amide bonds. The predicted molar refractivity (Wildman–Crippen MR) is 98.5 cm³/mol. The van der Waals surface area contributed by atoms with Crippen LogP contribution in [-0.4, -0.2) is 45.0 Å². The number of hydrogen-bond donors (Lipinski definition) is 1. The molecule has 142 valence electrons. The largest absolute Gasteiger partial charge is 0.485 e. The number of H-pyrrole nitrogens is 1. The minimum absolute atomic E-state index is 0.0417. The molecule has 0 fully saturated rings. The van der Waals surface area contributed by atoms with Crippen LogP contribution in [0.15, 0.2) is 34.7 Å². The number of rotatable bonds is 7. The maximum atomic E-state index is 12.6. The van der Waals surface area contributed by atoms with Gasteiger partial charge in [0.15, 0.2) is 11.6 Å². The third kappa shape index (κ3) is 4.52. The molecule has 0 saturated carbocycles. The van der Waals surface area contributed by atoms with Gasteiger partial charge >= 0.3 is 0 Å².